The number of hydrogen-bond donors (Lipinski definition) is 2. The summed E-state index contributed by atoms with van der Waals surface area (Å²) in [6, 6.07) is 6.61. The molecule has 1 heterocycles. The number of aromatic nitrogens is 2. The Morgan fingerprint density at radius 2 is 2.00 bits per heavy atom. The van der Waals surface area contributed by atoms with Gasteiger partial charge >= 0.3 is 12.2 Å². The highest BCUT2D eigenvalue weighted by atomic mass is 19.4. The minimum atomic E-state index is -4.43. The molecule has 1 fully saturated rings. The fourth-order valence-electron chi connectivity index (χ4n) is 2.92. The monoisotopic (exact) mass is 380 g/mol. The van der Waals surface area contributed by atoms with Crippen molar-refractivity contribution in [2.75, 3.05) is 11.9 Å². The second-order valence-electron chi connectivity index (χ2n) is 7.00. The standard InChI is InChI=1S/C19H23F3N4O/c1-12-4-5-13(2)15(10-12)24-18(27)23-8-3-9-26-16(14-6-7-14)11-17(25-26)19(20,21)22/h4-5,10-11,14H,3,6-9H2,1-2H3,(H2,23,24,27). The van der Waals surface area contributed by atoms with Gasteiger partial charge in [0.25, 0.3) is 0 Å². The lowest BCUT2D eigenvalue weighted by atomic mass is 10.1. The van der Waals surface area contributed by atoms with Crippen molar-refractivity contribution < 1.29 is 18.0 Å². The molecule has 0 aliphatic heterocycles. The lowest BCUT2D eigenvalue weighted by Gasteiger charge is -2.11. The number of amides is 2. The summed E-state index contributed by atoms with van der Waals surface area (Å²) in [6.45, 7) is 4.54. The van der Waals surface area contributed by atoms with Gasteiger partial charge in [-0.15, -0.1) is 0 Å². The van der Waals surface area contributed by atoms with Crippen LogP contribution in [0.5, 0.6) is 0 Å². The number of benzene rings is 1. The summed E-state index contributed by atoms with van der Waals surface area (Å²) >= 11 is 0. The largest absolute Gasteiger partial charge is 0.435 e. The summed E-state index contributed by atoms with van der Waals surface area (Å²) in [7, 11) is 0. The van der Waals surface area contributed by atoms with Gasteiger partial charge in [-0.2, -0.15) is 18.3 Å². The summed E-state index contributed by atoms with van der Waals surface area (Å²) < 4.78 is 40.1. The highest BCUT2D eigenvalue weighted by Crippen LogP contribution is 2.42. The third kappa shape index (κ3) is 5.02. The van der Waals surface area contributed by atoms with Crippen molar-refractivity contribution >= 4 is 11.7 Å². The molecule has 1 saturated carbocycles. The zero-order chi connectivity index (χ0) is 19.6. The second-order valence-corrected chi connectivity index (χ2v) is 7.00. The molecule has 8 heteroatoms. The summed E-state index contributed by atoms with van der Waals surface area (Å²) in [5, 5.41) is 9.24. The average Bonchev–Trinajstić information content (AvgIpc) is 3.33. The molecule has 5 nitrogen and oxygen atoms in total. The molecule has 1 aromatic carbocycles. The summed E-state index contributed by atoms with van der Waals surface area (Å²) in [5.74, 6) is 0.175. The van der Waals surface area contributed by atoms with Crippen molar-refractivity contribution in [3.8, 4) is 0 Å². The van der Waals surface area contributed by atoms with Crippen LogP contribution in [0.4, 0.5) is 23.7 Å². The zero-order valence-corrected chi connectivity index (χ0v) is 15.4. The van der Waals surface area contributed by atoms with Gasteiger partial charge in [0.05, 0.1) is 0 Å². The van der Waals surface area contributed by atoms with E-state index in [0.29, 0.717) is 25.2 Å². The minimum Gasteiger partial charge on any atom is -0.338 e. The Hall–Kier alpha value is -2.51. The Labute approximate surface area is 155 Å². The molecule has 1 aliphatic rings. The van der Waals surface area contributed by atoms with Gasteiger partial charge in [-0.1, -0.05) is 12.1 Å². The van der Waals surface area contributed by atoms with Gasteiger partial charge in [-0.05, 0) is 56.4 Å². The fraction of sp³-hybridized carbons (Fsp3) is 0.474. The summed E-state index contributed by atoms with van der Waals surface area (Å²) in [6.07, 6.45) is -2.13. The number of carbonyl (C=O) groups is 1. The van der Waals surface area contributed by atoms with Crippen LogP contribution in [0.2, 0.25) is 0 Å². The highest BCUT2D eigenvalue weighted by molar-refractivity contribution is 5.90. The third-order valence-electron chi connectivity index (χ3n) is 4.57. The number of nitrogens with zero attached hydrogens (tertiary/aromatic N) is 2. The van der Waals surface area contributed by atoms with Crippen LogP contribution in [0.25, 0.3) is 0 Å². The number of alkyl halides is 3. The van der Waals surface area contributed by atoms with Crippen molar-refractivity contribution in [1.82, 2.24) is 15.1 Å². The van der Waals surface area contributed by atoms with Gasteiger partial charge in [0.15, 0.2) is 5.69 Å². The van der Waals surface area contributed by atoms with E-state index < -0.39 is 11.9 Å². The maximum atomic E-state index is 12.9. The Morgan fingerprint density at radius 1 is 1.26 bits per heavy atom. The van der Waals surface area contributed by atoms with E-state index in [1.807, 2.05) is 32.0 Å². The van der Waals surface area contributed by atoms with Gasteiger partial charge in [0.1, 0.15) is 0 Å². The van der Waals surface area contributed by atoms with E-state index in [0.717, 1.165) is 35.7 Å². The molecule has 0 atom stereocenters. The first-order valence-corrected chi connectivity index (χ1v) is 9.01. The maximum absolute atomic E-state index is 12.9. The number of hydrogen-bond acceptors (Lipinski definition) is 2. The minimum absolute atomic E-state index is 0.175. The Balaban J connectivity index is 1.51. The second kappa shape index (κ2) is 7.62. The number of halogens is 3. The number of urea groups is 1. The van der Waals surface area contributed by atoms with Crippen molar-refractivity contribution in [3.05, 3.63) is 46.8 Å². The predicted octanol–water partition coefficient (Wildman–Crippen LogP) is 4.61. The number of nitrogens with one attached hydrogen (secondary N) is 2. The van der Waals surface area contributed by atoms with Crippen LogP contribution in [0.1, 0.15) is 47.7 Å². The summed E-state index contributed by atoms with van der Waals surface area (Å²) in [4.78, 5) is 12.0. The molecule has 146 valence electrons. The first-order chi connectivity index (χ1) is 12.7. The van der Waals surface area contributed by atoms with Crippen LogP contribution in [0.15, 0.2) is 24.3 Å². The van der Waals surface area contributed by atoms with E-state index in [-0.39, 0.29) is 11.9 Å². The molecule has 0 bridgehead atoms. The number of anilines is 1. The van der Waals surface area contributed by atoms with E-state index in [1.165, 1.54) is 4.68 Å². The molecule has 1 aliphatic carbocycles. The van der Waals surface area contributed by atoms with Crippen LogP contribution < -0.4 is 10.6 Å². The van der Waals surface area contributed by atoms with Crippen LogP contribution >= 0.6 is 0 Å². The number of carbonyl (C=O) groups excluding carboxylic acids is 1. The average molecular weight is 380 g/mol. The van der Waals surface area contributed by atoms with Crippen molar-refractivity contribution in [3.63, 3.8) is 0 Å². The van der Waals surface area contributed by atoms with E-state index in [4.69, 9.17) is 0 Å². The van der Waals surface area contributed by atoms with Gasteiger partial charge in [0, 0.05) is 30.4 Å². The molecule has 3 rings (SSSR count). The smallest absolute Gasteiger partial charge is 0.338 e. The van der Waals surface area contributed by atoms with E-state index in [2.05, 4.69) is 15.7 Å². The normalized spacial score (nSPS) is 14.3. The van der Waals surface area contributed by atoms with Crippen molar-refractivity contribution in [2.24, 2.45) is 0 Å². The molecule has 2 amide bonds. The molecule has 0 unspecified atom stereocenters. The van der Waals surface area contributed by atoms with Gasteiger partial charge in [-0.3, -0.25) is 4.68 Å². The fourth-order valence-corrected chi connectivity index (χ4v) is 2.92. The highest BCUT2D eigenvalue weighted by Gasteiger charge is 2.37. The molecule has 0 saturated heterocycles. The Bertz CT molecular complexity index is 825. The van der Waals surface area contributed by atoms with E-state index in [9.17, 15) is 18.0 Å². The topological polar surface area (TPSA) is 59.0 Å². The number of aryl methyl sites for hydroxylation is 3. The Kier molecular flexibility index (Phi) is 5.43. The lowest BCUT2D eigenvalue weighted by molar-refractivity contribution is -0.141. The van der Waals surface area contributed by atoms with Gasteiger partial charge < -0.3 is 10.6 Å². The zero-order valence-electron chi connectivity index (χ0n) is 15.4. The van der Waals surface area contributed by atoms with E-state index >= 15 is 0 Å². The lowest BCUT2D eigenvalue weighted by Crippen LogP contribution is -2.30. The molecule has 27 heavy (non-hydrogen) atoms. The SMILES string of the molecule is Cc1ccc(C)c(NC(=O)NCCCn2nc(C(F)(F)F)cc2C2CC2)c1. The van der Waals surface area contributed by atoms with Gasteiger partial charge in [0.2, 0.25) is 0 Å². The van der Waals surface area contributed by atoms with Crippen molar-refractivity contribution in [2.45, 2.75) is 51.7 Å². The van der Waals surface area contributed by atoms with Crippen LogP contribution in [0, 0.1) is 13.8 Å². The summed E-state index contributed by atoms with van der Waals surface area (Å²) in [5.41, 5.74) is 2.54. The van der Waals surface area contributed by atoms with Crippen LogP contribution in [-0.2, 0) is 12.7 Å². The van der Waals surface area contributed by atoms with Crippen LogP contribution in [-0.4, -0.2) is 22.4 Å². The number of rotatable bonds is 6. The molecule has 0 radical (unpaired) electrons. The molecular formula is C19H23F3N4O. The quantitative estimate of drug-likeness (QED) is 0.719. The molecule has 2 aromatic rings. The Morgan fingerprint density at radius 3 is 2.67 bits per heavy atom. The molecule has 0 spiro atoms. The van der Waals surface area contributed by atoms with Crippen LogP contribution in [0.3, 0.4) is 0 Å². The van der Waals surface area contributed by atoms with Crippen molar-refractivity contribution in [1.29, 1.82) is 0 Å². The molecule has 1 aromatic heterocycles. The van der Waals surface area contributed by atoms with Gasteiger partial charge in [-0.25, -0.2) is 4.79 Å². The predicted molar refractivity (Wildman–Crippen MR) is 96.8 cm³/mol. The van der Waals surface area contributed by atoms with E-state index in [1.54, 1.807) is 0 Å². The first-order valence-electron chi connectivity index (χ1n) is 9.01. The molecule has 2 N–H and O–H groups in total. The third-order valence-corrected chi connectivity index (χ3v) is 4.57. The first kappa shape index (κ1) is 19.3. The molecular weight excluding hydrogens is 357 g/mol. The maximum Gasteiger partial charge on any atom is 0.435 e.